The predicted molar refractivity (Wildman–Crippen MR) is 80.8 cm³/mol. The van der Waals surface area contributed by atoms with Crippen LogP contribution >= 0.6 is 11.6 Å². The molecule has 110 valence electrons. The first-order valence-corrected chi connectivity index (χ1v) is 8.02. The van der Waals surface area contributed by atoms with Gasteiger partial charge in [0.2, 0.25) is 0 Å². The number of ether oxygens (including phenoxy) is 2. The van der Waals surface area contributed by atoms with E-state index in [-0.39, 0.29) is 0 Å². The van der Waals surface area contributed by atoms with Gasteiger partial charge in [-0.05, 0) is 30.5 Å². The molecule has 1 heterocycles. The Bertz CT molecular complexity index is 456. The van der Waals surface area contributed by atoms with Gasteiger partial charge in [-0.25, -0.2) is 0 Å². The number of nitrogens with one attached hydrogen (secondary N) is 1. The van der Waals surface area contributed by atoms with Gasteiger partial charge in [-0.15, -0.1) is 0 Å². The van der Waals surface area contributed by atoms with Gasteiger partial charge in [-0.2, -0.15) is 0 Å². The van der Waals surface area contributed by atoms with Gasteiger partial charge >= 0.3 is 0 Å². The van der Waals surface area contributed by atoms with Gasteiger partial charge in [0, 0.05) is 12.6 Å². The Morgan fingerprint density at radius 1 is 1.05 bits per heavy atom. The van der Waals surface area contributed by atoms with Crippen LogP contribution in [0, 0.1) is 0 Å². The zero-order valence-corrected chi connectivity index (χ0v) is 12.5. The Kier molecular flexibility index (Phi) is 4.69. The van der Waals surface area contributed by atoms with Crippen LogP contribution in [0.1, 0.15) is 44.1 Å². The smallest absolute Gasteiger partial charge is 0.179 e. The van der Waals surface area contributed by atoms with E-state index in [2.05, 4.69) is 5.32 Å². The highest BCUT2D eigenvalue weighted by Gasteiger charge is 2.17. The second-order valence-corrected chi connectivity index (χ2v) is 6.08. The maximum Gasteiger partial charge on any atom is 0.179 e. The summed E-state index contributed by atoms with van der Waals surface area (Å²) < 4.78 is 11.2. The van der Waals surface area contributed by atoms with Crippen LogP contribution < -0.4 is 14.8 Å². The van der Waals surface area contributed by atoms with Crippen LogP contribution in [0.5, 0.6) is 11.5 Å². The molecule has 0 atom stereocenters. The summed E-state index contributed by atoms with van der Waals surface area (Å²) in [5.74, 6) is 1.47. The molecule has 1 fully saturated rings. The van der Waals surface area contributed by atoms with Crippen molar-refractivity contribution in [2.45, 2.75) is 51.1 Å². The van der Waals surface area contributed by atoms with E-state index < -0.39 is 0 Å². The lowest BCUT2D eigenvalue weighted by Crippen LogP contribution is -2.28. The minimum Gasteiger partial charge on any atom is -0.486 e. The van der Waals surface area contributed by atoms with E-state index in [1.807, 2.05) is 12.1 Å². The summed E-state index contributed by atoms with van der Waals surface area (Å²) in [6.07, 6.45) is 8.04. The predicted octanol–water partition coefficient (Wildman–Crippen LogP) is 3.92. The first kappa shape index (κ1) is 14.0. The van der Waals surface area contributed by atoms with Crippen molar-refractivity contribution in [2.24, 2.45) is 0 Å². The van der Waals surface area contributed by atoms with E-state index in [9.17, 15) is 0 Å². The summed E-state index contributed by atoms with van der Waals surface area (Å²) in [7, 11) is 0. The Morgan fingerprint density at radius 2 is 1.80 bits per heavy atom. The molecule has 1 aliphatic heterocycles. The summed E-state index contributed by atoms with van der Waals surface area (Å²) in [5.41, 5.74) is 1.17. The fourth-order valence-corrected chi connectivity index (χ4v) is 3.30. The van der Waals surface area contributed by atoms with Crippen LogP contribution in [0.15, 0.2) is 12.1 Å². The van der Waals surface area contributed by atoms with Crippen LogP contribution in [0.3, 0.4) is 0 Å². The molecule has 0 unspecified atom stereocenters. The van der Waals surface area contributed by atoms with Gasteiger partial charge in [0.25, 0.3) is 0 Å². The monoisotopic (exact) mass is 295 g/mol. The van der Waals surface area contributed by atoms with E-state index in [1.165, 1.54) is 44.1 Å². The summed E-state index contributed by atoms with van der Waals surface area (Å²) in [5, 5.41) is 4.31. The SMILES string of the molecule is Clc1cc(CNC2CCCCCC2)cc2c1OCCO2. The fourth-order valence-electron chi connectivity index (χ4n) is 3.01. The third-order valence-corrected chi connectivity index (χ3v) is 4.39. The molecular formula is C16H22ClNO2. The lowest BCUT2D eigenvalue weighted by atomic mass is 10.1. The summed E-state index contributed by atoms with van der Waals surface area (Å²) >= 11 is 6.26. The zero-order chi connectivity index (χ0) is 13.8. The van der Waals surface area contributed by atoms with Crippen molar-refractivity contribution in [2.75, 3.05) is 13.2 Å². The molecule has 0 saturated heterocycles. The molecule has 0 aromatic heterocycles. The molecule has 1 aromatic rings. The highest BCUT2D eigenvalue weighted by atomic mass is 35.5. The Morgan fingerprint density at radius 3 is 2.60 bits per heavy atom. The van der Waals surface area contributed by atoms with Crippen molar-refractivity contribution in [1.29, 1.82) is 0 Å². The van der Waals surface area contributed by atoms with Crippen LogP contribution in [0.25, 0.3) is 0 Å². The molecule has 0 bridgehead atoms. The van der Waals surface area contributed by atoms with Crippen molar-refractivity contribution in [3.05, 3.63) is 22.7 Å². The maximum absolute atomic E-state index is 6.26. The molecule has 3 nitrogen and oxygen atoms in total. The van der Waals surface area contributed by atoms with Gasteiger partial charge in [-0.3, -0.25) is 0 Å². The van der Waals surface area contributed by atoms with Crippen molar-refractivity contribution in [3.8, 4) is 11.5 Å². The lowest BCUT2D eigenvalue weighted by molar-refractivity contribution is 0.171. The van der Waals surface area contributed by atoms with Crippen LogP contribution in [-0.4, -0.2) is 19.3 Å². The average molecular weight is 296 g/mol. The zero-order valence-electron chi connectivity index (χ0n) is 11.8. The van der Waals surface area contributed by atoms with E-state index in [4.69, 9.17) is 21.1 Å². The standard InChI is InChI=1S/C16H22ClNO2/c17-14-9-12(10-15-16(14)20-8-7-19-15)11-18-13-5-3-1-2-4-6-13/h9-10,13,18H,1-8,11H2. The molecule has 0 spiro atoms. The van der Waals surface area contributed by atoms with E-state index >= 15 is 0 Å². The Labute approximate surface area is 125 Å². The molecule has 4 heteroatoms. The first-order chi connectivity index (χ1) is 9.83. The number of hydrogen-bond acceptors (Lipinski definition) is 3. The highest BCUT2D eigenvalue weighted by molar-refractivity contribution is 6.32. The molecule has 20 heavy (non-hydrogen) atoms. The van der Waals surface area contributed by atoms with Crippen LogP contribution in [0.4, 0.5) is 0 Å². The molecule has 2 aliphatic rings. The van der Waals surface area contributed by atoms with E-state index in [1.54, 1.807) is 0 Å². The molecule has 0 radical (unpaired) electrons. The fraction of sp³-hybridized carbons (Fsp3) is 0.625. The number of halogens is 1. The summed E-state index contributed by atoms with van der Waals surface area (Å²) in [4.78, 5) is 0. The highest BCUT2D eigenvalue weighted by Crippen LogP contribution is 2.38. The number of hydrogen-bond donors (Lipinski definition) is 1. The maximum atomic E-state index is 6.26. The molecular weight excluding hydrogens is 274 g/mol. The van der Waals surface area contributed by atoms with Gasteiger partial charge in [0.05, 0.1) is 5.02 Å². The topological polar surface area (TPSA) is 30.5 Å². The van der Waals surface area contributed by atoms with E-state index in [0.717, 1.165) is 12.3 Å². The third kappa shape index (κ3) is 3.39. The second-order valence-electron chi connectivity index (χ2n) is 5.67. The van der Waals surface area contributed by atoms with Gasteiger partial charge in [0.15, 0.2) is 11.5 Å². The van der Waals surface area contributed by atoms with Gasteiger partial charge < -0.3 is 14.8 Å². The van der Waals surface area contributed by atoms with E-state index in [0.29, 0.717) is 30.0 Å². The number of benzene rings is 1. The van der Waals surface area contributed by atoms with Crippen LogP contribution in [0.2, 0.25) is 5.02 Å². The van der Waals surface area contributed by atoms with Crippen molar-refractivity contribution in [3.63, 3.8) is 0 Å². The molecule has 1 aliphatic carbocycles. The minimum atomic E-state index is 0.576. The number of rotatable bonds is 3. The Balaban J connectivity index is 1.63. The lowest BCUT2D eigenvalue weighted by Gasteiger charge is -2.21. The minimum absolute atomic E-state index is 0.576. The van der Waals surface area contributed by atoms with Gasteiger partial charge in [0.1, 0.15) is 13.2 Å². The second kappa shape index (κ2) is 6.68. The quantitative estimate of drug-likeness (QED) is 0.857. The third-order valence-electron chi connectivity index (χ3n) is 4.11. The van der Waals surface area contributed by atoms with Crippen molar-refractivity contribution in [1.82, 2.24) is 5.32 Å². The first-order valence-electron chi connectivity index (χ1n) is 7.64. The summed E-state index contributed by atoms with van der Waals surface area (Å²) in [6, 6.07) is 4.67. The van der Waals surface area contributed by atoms with Gasteiger partial charge in [-0.1, -0.05) is 37.3 Å². The number of fused-ring (bicyclic) bond motifs is 1. The largest absolute Gasteiger partial charge is 0.486 e. The molecule has 1 saturated carbocycles. The van der Waals surface area contributed by atoms with Crippen molar-refractivity contribution < 1.29 is 9.47 Å². The van der Waals surface area contributed by atoms with Crippen LogP contribution in [-0.2, 0) is 6.54 Å². The molecule has 1 N–H and O–H groups in total. The normalized spacial score (nSPS) is 19.6. The molecule has 0 amide bonds. The molecule has 1 aromatic carbocycles. The van der Waals surface area contributed by atoms with Crippen molar-refractivity contribution >= 4 is 11.6 Å². The Hall–Kier alpha value is -0.930. The average Bonchev–Trinajstić information content (AvgIpc) is 2.74. The summed E-state index contributed by atoms with van der Waals surface area (Å²) in [6.45, 7) is 2.02. The molecule has 3 rings (SSSR count).